The van der Waals surface area contributed by atoms with Crippen molar-refractivity contribution in [3.63, 3.8) is 0 Å². The van der Waals surface area contributed by atoms with Crippen molar-refractivity contribution >= 4 is 17.8 Å². The molecule has 2 N–H and O–H groups in total. The molecule has 2 amide bonds. The molecule has 0 aromatic heterocycles. The van der Waals surface area contributed by atoms with Gasteiger partial charge < -0.3 is 15.4 Å². The molecular formula is C14H9FN2O4. The Labute approximate surface area is 119 Å². The highest BCUT2D eigenvalue weighted by Crippen LogP contribution is 2.15. The maximum absolute atomic E-state index is 13.4. The first-order chi connectivity index (χ1) is 9.97. The van der Waals surface area contributed by atoms with Gasteiger partial charge in [0, 0.05) is 0 Å². The Morgan fingerprint density at radius 1 is 1.10 bits per heavy atom. The highest BCUT2D eigenvalue weighted by atomic mass is 19.1. The zero-order valence-electron chi connectivity index (χ0n) is 10.6. The quantitative estimate of drug-likeness (QED) is 0.340. The fourth-order valence-corrected chi connectivity index (χ4v) is 1.19. The Hall–Kier alpha value is -3.32. The first-order valence-corrected chi connectivity index (χ1v) is 5.48. The van der Waals surface area contributed by atoms with Crippen molar-refractivity contribution < 1.29 is 23.5 Å². The SMILES string of the molecule is C#CC(=O)NC(NC(=O)C#C)C(=O)Oc1ccccc1F. The van der Waals surface area contributed by atoms with E-state index in [1.54, 1.807) is 11.8 Å². The summed E-state index contributed by atoms with van der Waals surface area (Å²) in [6, 6.07) is 5.08. The zero-order chi connectivity index (χ0) is 15.8. The molecule has 1 aromatic rings. The minimum absolute atomic E-state index is 0.377. The number of amides is 2. The van der Waals surface area contributed by atoms with Gasteiger partial charge in [0.1, 0.15) is 0 Å². The van der Waals surface area contributed by atoms with Gasteiger partial charge in [-0.05, 0) is 24.0 Å². The summed E-state index contributed by atoms with van der Waals surface area (Å²) < 4.78 is 18.1. The number of nitrogens with one attached hydrogen (secondary N) is 2. The van der Waals surface area contributed by atoms with Gasteiger partial charge in [-0.1, -0.05) is 12.1 Å². The largest absolute Gasteiger partial charge is 0.420 e. The summed E-state index contributed by atoms with van der Waals surface area (Å²) in [4.78, 5) is 34.0. The average molecular weight is 288 g/mol. The van der Waals surface area contributed by atoms with Gasteiger partial charge in [0.05, 0.1) is 0 Å². The van der Waals surface area contributed by atoms with E-state index >= 15 is 0 Å². The number of hydrogen-bond acceptors (Lipinski definition) is 4. The summed E-state index contributed by atoms with van der Waals surface area (Å²) in [5.74, 6) is -0.936. The Bertz CT molecular complexity index is 630. The lowest BCUT2D eigenvalue weighted by Gasteiger charge is -2.16. The van der Waals surface area contributed by atoms with E-state index in [9.17, 15) is 18.8 Å². The van der Waals surface area contributed by atoms with Crippen molar-refractivity contribution in [1.29, 1.82) is 0 Å². The van der Waals surface area contributed by atoms with Crippen LogP contribution < -0.4 is 15.4 Å². The first-order valence-electron chi connectivity index (χ1n) is 5.48. The number of terminal acetylenes is 2. The number of carbonyl (C=O) groups excluding carboxylic acids is 3. The summed E-state index contributed by atoms with van der Waals surface area (Å²) in [5.41, 5.74) is 0. The third-order valence-corrected chi connectivity index (χ3v) is 2.10. The van der Waals surface area contributed by atoms with Crippen LogP contribution in [0.3, 0.4) is 0 Å². The maximum atomic E-state index is 13.4. The Kier molecular flexibility index (Phi) is 5.48. The van der Waals surface area contributed by atoms with E-state index in [1.165, 1.54) is 18.2 Å². The summed E-state index contributed by atoms with van der Waals surface area (Å²) >= 11 is 0. The molecule has 0 spiro atoms. The third kappa shape index (κ3) is 4.69. The molecule has 0 atom stereocenters. The number of rotatable bonds is 4. The Morgan fingerprint density at radius 3 is 2.10 bits per heavy atom. The van der Waals surface area contributed by atoms with Crippen LogP contribution in [0.25, 0.3) is 0 Å². The van der Waals surface area contributed by atoms with Crippen LogP contribution in [-0.4, -0.2) is 23.9 Å². The number of esters is 1. The van der Waals surface area contributed by atoms with Gasteiger partial charge in [-0.25, -0.2) is 9.18 Å². The summed E-state index contributed by atoms with van der Waals surface area (Å²) in [5, 5.41) is 3.94. The van der Waals surface area contributed by atoms with Gasteiger partial charge in [0.2, 0.25) is 6.17 Å². The van der Waals surface area contributed by atoms with Crippen LogP contribution in [-0.2, 0) is 14.4 Å². The molecule has 0 radical (unpaired) electrons. The summed E-state index contributed by atoms with van der Waals surface area (Å²) in [6.45, 7) is 0. The molecule has 0 unspecified atom stereocenters. The third-order valence-electron chi connectivity index (χ3n) is 2.10. The molecule has 7 heteroatoms. The second-order valence-electron chi connectivity index (χ2n) is 3.52. The predicted octanol–water partition coefficient (Wildman–Crippen LogP) is -0.444. The van der Waals surface area contributed by atoms with Gasteiger partial charge in [0.25, 0.3) is 11.8 Å². The van der Waals surface area contributed by atoms with Gasteiger partial charge in [0.15, 0.2) is 11.6 Å². The molecule has 0 heterocycles. The van der Waals surface area contributed by atoms with Crippen molar-refractivity contribution in [3.8, 4) is 30.4 Å². The number of benzene rings is 1. The summed E-state index contributed by atoms with van der Waals surface area (Å²) in [6.07, 6.45) is 8.02. The van der Waals surface area contributed by atoms with Crippen LogP contribution in [0.5, 0.6) is 5.75 Å². The number of hydrogen-bond donors (Lipinski definition) is 2. The topological polar surface area (TPSA) is 84.5 Å². The smallest absolute Gasteiger partial charge is 0.355 e. The second-order valence-corrected chi connectivity index (χ2v) is 3.52. The zero-order valence-corrected chi connectivity index (χ0v) is 10.6. The Balaban J connectivity index is 2.87. The molecule has 1 aromatic carbocycles. The second kappa shape index (κ2) is 7.31. The molecule has 21 heavy (non-hydrogen) atoms. The van der Waals surface area contributed by atoms with Crippen molar-refractivity contribution in [2.24, 2.45) is 0 Å². The van der Waals surface area contributed by atoms with Gasteiger partial charge in [-0.2, -0.15) is 0 Å². The molecule has 0 saturated carbocycles. The first kappa shape index (κ1) is 15.7. The lowest BCUT2D eigenvalue weighted by molar-refractivity contribution is -0.141. The molecule has 0 saturated heterocycles. The number of carbonyl (C=O) groups is 3. The monoisotopic (exact) mass is 288 g/mol. The molecule has 0 aliphatic rings. The van der Waals surface area contributed by atoms with Crippen LogP contribution in [0, 0.1) is 30.5 Å². The maximum Gasteiger partial charge on any atom is 0.355 e. The predicted molar refractivity (Wildman–Crippen MR) is 69.8 cm³/mol. The highest BCUT2D eigenvalue weighted by Gasteiger charge is 2.24. The van der Waals surface area contributed by atoms with Crippen molar-refractivity contribution in [2.45, 2.75) is 6.17 Å². The van der Waals surface area contributed by atoms with E-state index in [-0.39, 0.29) is 5.75 Å². The molecule has 106 valence electrons. The van der Waals surface area contributed by atoms with E-state index in [4.69, 9.17) is 17.6 Å². The van der Waals surface area contributed by atoms with Gasteiger partial charge in [-0.3, -0.25) is 9.59 Å². The van der Waals surface area contributed by atoms with Crippen LogP contribution in [0.2, 0.25) is 0 Å². The molecule has 0 fully saturated rings. The van der Waals surface area contributed by atoms with E-state index in [2.05, 4.69) is 0 Å². The van der Waals surface area contributed by atoms with E-state index < -0.39 is 29.8 Å². The Morgan fingerprint density at radius 2 is 1.62 bits per heavy atom. The standard InChI is InChI=1S/C14H9FN2O4/c1-3-11(18)16-13(17-12(19)4-2)14(20)21-10-8-6-5-7-9(10)15/h1-2,5-8,13H,(H,16,18)(H,17,19). The van der Waals surface area contributed by atoms with Crippen molar-refractivity contribution in [3.05, 3.63) is 30.1 Å². The number of halogens is 1. The minimum atomic E-state index is -1.64. The normalized spacial score (nSPS) is 9.14. The average Bonchev–Trinajstić information content (AvgIpc) is 2.48. The number of para-hydroxylation sites is 1. The molecule has 6 nitrogen and oxygen atoms in total. The van der Waals surface area contributed by atoms with E-state index in [1.807, 2.05) is 10.6 Å². The lowest BCUT2D eigenvalue weighted by atomic mass is 10.3. The fourth-order valence-electron chi connectivity index (χ4n) is 1.19. The molecule has 1 rings (SSSR count). The molecule has 0 aliphatic heterocycles. The molecule has 0 aliphatic carbocycles. The summed E-state index contributed by atoms with van der Waals surface area (Å²) in [7, 11) is 0. The van der Waals surface area contributed by atoms with Gasteiger partial charge in [-0.15, -0.1) is 12.8 Å². The van der Waals surface area contributed by atoms with Crippen molar-refractivity contribution in [2.75, 3.05) is 0 Å². The van der Waals surface area contributed by atoms with E-state index in [0.29, 0.717) is 0 Å². The number of ether oxygens (including phenoxy) is 1. The fraction of sp³-hybridized carbons (Fsp3) is 0.0714. The van der Waals surface area contributed by atoms with Crippen molar-refractivity contribution in [1.82, 2.24) is 10.6 Å². The van der Waals surface area contributed by atoms with Crippen LogP contribution in [0.4, 0.5) is 4.39 Å². The minimum Gasteiger partial charge on any atom is -0.420 e. The van der Waals surface area contributed by atoms with E-state index in [0.717, 1.165) is 6.07 Å². The molecular weight excluding hydrogens is 279 g/mol. The van der Waals surface area contributed by atoms with Gasteiger partial charge >= 0.3 is 5.97 Å². The van der Waals surface area contributed by atoms with Crippen LogP contribution >= 0.6 is 0 Å². The molecule has 0 bridgehead atoms. The van der Waals surface area contributed by atoms with Crippen LogP contribution in [0.1, 0.15) is 0 Å². The van der Waals surface area contributed by atoms with Crippen LogP contribution in [0.15, 0.2) is 24.3 Å². The highest BCUT2D eigenvalue weighted by molar-refractivity contribution is 5.99. The lowest BCUT2D eigenvalue weighted by Crippen LogP contribution is -2.53.